The lowest BCUT2D eigenvalue weighted by atomic mass is 10.2. The molecule has 0 aliphatic heterocycles. The van der Waals surface area contributed by atoms with Gasteiger partial charge >= 0.3 is 0 Å². The van der Waals surface area contributed by atoms with Crippen molar-refractivity contribution < 1.29 is 5.11 Å². The Kier molecular flexibility index (Phi) is 12.6. The quantitative estimate of drug-likeness (QED) is 0.853. The average Bonchev–Trinajstić information content (AvgIpc) is 2.64. The van der Waals surface area contributed by atoms with E-state index in [0.29, 0.717) is 6.54 Å². The van der Waals surface area contributed by atoms with E-state index >= 15 is 0 Å². The Labute approximate surface area is 106 Å². The van der Waals surface area contributed by atoms with E-state index in [0.717, 1.165) is 17.9 Å². The van der Waals surface area contributed by atoms with Gasteiger partial charge in [-0.25, -0.2) is 0 Å². The summed E-state index contributed by atoms with van der Waals surface area (Å²) in [6.07, 6.45) is 0. The zero-order valence-electron chi connectivity index (χ0n) is 12.5. The van der Waals surface area contributed by atoms with Gasteiger partial charge in [0.2, 0.25) is 0 Å². The molecular formula is C13H29N3O. The van der Waals surface area contributed by atoms with E-state index in [-0.39, 0.29) is 6.61 Å². The number of hydrogen-bond donors (Lipinski definition) is 2. The Hall–Kier alpha value is -0.870. The molecule has 0 fully saturated rings. The van der Waals surface area contributed by atoms with Crippen LogP contribution in [-0.2, 0) is 13.1 Å². The van der Waals surface area contributed by atoms with Crippen molar-refractivity contribution in [1.29, 1.82) is 0 Å². The van der Waals surface area contributed by atoms with Crippen LogP contribution in [-0.4, -0.2) is 28.5 Å². The van der Waals surface area contributed by atoms with E-state index in [1.807, 2.05) is 46.3 Å². The number of nitrogens with one attached hydrogen (secondary N) is 1. The molecule has 1 heterocycles. The van der Waals surface area contributed by atoms with Crippen LogP contribution in [0.4, 0.5) is 0 Å². The summed E-state index contributed by atoms with van der Waals surface area (Å²) in [5.41, 5.74) is 3.41. The third kappa shape index (κ3) is 5.84. The molecule has 4 nitrogen and oxygen atoms in total. The number of aliphatic hydroxyl groups excluding tert-OH is 1. The van der Waals surface area contributed by atoms with Crippen LogP contribution < -0.4 is 5.32 Å². The number of aromatic nitrogens is 2. The van der Waals surface area contributed by atoms with Gasteiger partial charge in [0.1, 0.15) is 0 Å². The Morgan fingerprint density at radius 3 is 2.12 bits per heavy atom. The van der Waals surface area contributed by atoms with Crippen molar-refractivity contribution in [2.45, 2.75) is 54.6 Å². The highest BCUT2D eigenvalue weighted by Crippen LogP contribution is 2.11. The average molecular weight is 243 g/mol. The predicted molar refractivity (Wildman–Crippen MR) is 74.2 cm³/mol. The first-order chi connectivity index (χ1) is 8.20. The molecule has 2 N–H and O–H groups in total. The SMILES string of the molecule is CC.CC.CNCc1nn(CCO)c(C)c1C. The summed E-state index contributed by atoms with van der Waals surface area (Å²) < 4.78 is 1.85. The Balaban J connectivity index is 0. The summed E-state index contributed by atoms with van der Waals surface area (Å²) in [4.78, 5) is 0. The van der Waals surface area contributed by atoms with Crippen molar-refractivity contribution in [2.24, 2.45) is 0 Å². The van der Waals surface area contributed by atoms with Gasteiger partial charge in [0.05, 0.1) is 18.8 Å². The van der Waals surface area contributed by atoms with Crippen LogP contribution in [0, 0.1) is 13.8 Å². The van der Waals surface area contributed by atoms with Crippen LogP contribution in [0.3, 0.4) is 0 Å². The van der Waals surface area contributed by atoms with Gasteiger partial charge in [-0.15, -0.1) is 0 Å². The summed E-state index contributed by atoms with van der Waals surface area (Å²) in [5, 5.41) is 16.2. The minimum atomic E-state index is 0.140. The van der Waals surface area contributed by atoms with E-state index in [2.05, 4.69) is 17.3 Å². The second kappa shape index (κ2) is 11.6. The van der Waals surface area contributed by atoms with Crippen LogP contribution in [0.5, 0.6) is 0 Å². The minimum absolute atomic E-state index is 0.140. The van der Waals surface area contributed by atoms with Gasteiger partial charge in [-0.3, -0.25) is 4.68 Å². The molecule has 17 heavy (non-hydrogen) atoms. The monoisotopic (exact) mass is 243 g/mol. The van der Waals surface area contributed by atoms with Crippen LogP contribution in [0.15, 0.2) is 0 Å². The van der Waals surface area contributed by atoms with Crippen LogP contribution in [0.25, 0.3) is 0 Å². The van der Waals surface area contributed by atoms with Crippen molar-refractivity contribution in [1.82, 2.24) is 15.1 Å². The van der Waals surface area contributed by atoms with Crippen LogP contribution in [0.1, 0.15) is 44.6 Å². The van der Waals surface area contributed by atoms with Gasteiger partial charge in [-0.1, -0.05) is 27.7 Å². The van der Waals surface area contributed by atoms with Crippen molar-refractivity contribution >= 4 is 0 Å². The van der Waals surface area contributed by atoms with E-state index < -0.39 is 0 Å². The zero-order chi connectivity index (χ0) is 13.8. The Bertz CT molecular complexity index is 256. The van der Waals surface area contributed by atoms with Gasteiger partial charge in [-0.2, -0.15) is 5.10 Å². The fourth-order valence-electron chi connectivity index (χ4n) is 1.35. The standard InChI is InChI=1S/C9H17N3O.2C2H6/c1-7-8(2)12(4-5-13)11-9(7)6-10-3;2*1-2/h10,13H,4-6H2,1-3H3;2*1-2H3. The highest BCUT2D eigenvalue weighted by Gasteiger charge is 2.08. The lowest BCUT2D eigenvalue weighted by Gasteiger charge is -1.99. The molecule has 1 rings (SSSR count). The summed E-state index contributed by atoms with van der Waals surface area (Å²) in [6.45, 7) is 13.6. The number of aliphatic hydroxyl groups is 1. The number of rotatable bonds is 4. The molecule has 0 amide bonds. The molecule has 0 aliphatic rings. The summed E-state index contributed by atoms with van der Waals surface area (Å²) in [6, 6.07) is 0. The minimum Gasteiger partial charge on any atom is -0.394 e. The van der Waals surface area contributed by atoms with Crippen molar-refractivity contribution in [3.8, 4) is 0 Å². The largest absolute Gasteiger partial charge is 0.394 e. The van der Waals surface area contributed by atoms with E-state index in [1.165, 1.54) is 5.56 Å². The van der Waals surface area contributed by atoms with Gasteiger partial charge < -0.3 is 10.4 Å². The first kappa shape index (κ1) is 18.5. The predicted octanol–water partition coefficient (Wildman–Crippen LogP) is 2.26. The zero-order valence-corrected chi connectivity index (χ0v) is 12.5. The molecular weight excluding hydrogens is 214 g/mol. The topological polar surface area (TPSA) is 50.1 Å². The third-order valence-corrected chi connectivity index (χ3v) is 2.26. The normalized spacial score (nSPS) is 8.94. The van der Waals surface area contributed by atoms with E-state index in [4.69, 9.17) is 5.11 Å². The number of nitrogens with zero attached hydrogens (tertiary/aromatic N) is 2. The summed E-state index contributed by atoms with van der Waals surface area (Å²) in [7, 11) is 1.90. The van der Waals surface area contributed by atoms with Gasteiger partial charge in [0.15, 0.2) is 0 Å². The van der Waals surface area contributed by atoms with Gasteiger partial charge in [0, 0.05) is 12.2 Å². The molecule has 102 valence electrons. The molecule has 0 aromatic carbocycles. The fraction of sp³-hybridized carbons (Fsp3) is 0.769. The Morgan fingerprint density at radius 1 is 1.18 bits per heavy atom. The molecule has 0 radical (unpaired) electrons. The molecule has 4 heteroatoms. The summed E-state index contributed by atoms with van der Waals surface area (Å²) >= 11 is 0. The molecule has 0 saturated heterocycles. The molecule has 0 saturated carbocycles. The second-order valence-electron chi connectivity index (χ2n) is 3.13. The lowest BCUT2D eigenvalue weighted by Crippen LogP contribution is -2.09. The van der Waals surface area contributed by atoms with Gasteiger partial charge in [0.25, 0.3) is 0 Å². The highest BCUT2D eigenvalue weighted by atomic mass is 16.3. The molecule has 0 atom stereocenters. The lowest BCUT2D eigenvalue weighted by molar-refractivity contribution is 0.267. The smallest absolute Gasteiger partial charge is 0.0794 e. The maximum atomic E-state index is 8.80. The molecule has 0 spiro atoms. The fourth-order valence-corrected chi connectivity index (χ4v) is 1.35. The molecule has 0 bridgehead atoms. The van der Waals surface area contributed by atoms with Crippen LogP contribution in [0.2, 0.25) is 0 Å². The van der Waals surface area contributed by atoms with Crippen LogP contribution >= 0.6 is 0 Å². The molecule has 0 unspecified atom stereocenters. The number of hydrogen-bond acceptors (Lipinski definition) is 3. The first-order valence-electron chi connectivity index (χ1n) is 6.49. The van der Waals surface area contributed by atoms with E-state index in [9.17, 15) is 0 Å². The highest BCUT2D eigenvalue weighted by molar-refractivity contribution is 5.23. The summed E-state index contributed by atoms with van der Waals surface area (Å²) in [5.74, 6) is 0. The van der Waals surface area contributed by atoms with Crippen molar-refractivity contribution in [3.05, 3.63) is 17.0 Å². The van der Waals surface area contributed by atoms with Crippen molar-refractivity contribution in [2.75, 3.05) is 13.7 Å². The van der Waals surface area contributed by atoms with E-state index in [1.54, 1.807) is 0 Å². The molecule has 1 aromatic rings. The molecule has 0 aliphatic carbocycles. The third-order valence-electron chi connectivity index (χ3n) is 2.26. The second-order valence-corrected chi connectivity index (χ2v) is 3.13. The molecule has 1 aromatic heterocycles. The first-order valence-corrected chi connectivity index (χ1v) is 6.49. The Morgan fingerprint density at radius 2 is 1.71 bits per heavy atom. The maximum absolute atomic E-state index is 8.80. The maximum Gasteiger partial charge on any atom is 0.0794 e. The van der Waals surface area contributed by atoms with Gasteiger partial charge in [-0.05, 0) is 26.5 Å². The van der Waals surface area contributed by atoms with Crippen molar-refractivity contribution in [3.63, 3.8) is 0 Å².